The van der Waals surface area contributed by atoms with Crippen molar-refractivity contribution in [3.63, 3.8) is 0 Å². The predicted octanol–water partition coefficient (Wildman–Crippen LogP) is 2.71. The van der Waals surface area contributed by atoms with Gasteiger partial charge in [-0.25, -0.2) is 0 Å². The van der Waals surface area contributed by atoms with Gasteiger partial charge in [0.2, 0.25) is 0 Å². The van der Waals surface area contributed by atoms with Gasteiger partial charge in [-0.05, 0) is 42.5 Å². The summed E-state index contributed by atoms with van der Waals surface area (Å²) in [7, 11) is 3.17. The molecule has 4 heteroatoms. The first-order chi connectivity index (χ1) is 9.63. The Morgan fingerprint density at radius 3 is 2.35 bits per heavy atom. The van der Waals surface area contributed by atoms with Gasteiger partial charge in [-0.3, -0.25) is 4.79 Å². The number of hydrogen-bond donors (Lipinski definition) is 1. The van der Waals surface area contributed by atoms with Crippen molar-refractivity contribution in [3.8, 4) is 11.5 Å². The van der Waals surface area contributed by atoms with E-state index in [9.17, 15) is 4.79 Å². The quantitative estimate of drug-likeness (QED) is 0.671. The molecule has 0 bridgehead atoms. The monoisotopic (exact) mass is 271 g/mol. The molecule has 0 aliphatic carbocycles. The first kappa shape index (κ1) is 13.9. The lowest BCUT2D eigenvalue weighted by Crippen LogP contribution is -2.05. The van der Waals surface area contributed by atoms with Gasteiger partial charge in [0.05, 0.1) is 14.2 Å². The average molecular weight is 271 g/mol. The van der Waals surface area contributed by atoms with E-state index in [2.05, 4.69) is 0 Å². The summed E-state index contributed by atoms with van der Waals surface area (Å²) in [5.74, 6) is 1.39. The van der Waals surface area contributed by atoms with Gasteiger partial charge in [0, 0.05) is 23.2 Å². The predicted molar refractivity (Wildman–Crippen MR) is 78.4 cm³/mol. The molecule has 2 rings (SSSR count). The lowest BCUT2D eigenvalue weighted by molar-refractivity contribution is 0.0992. The molecule has 0 spiro atoms. The van der Waals surface area contributed by atoms with Crippen LogP contribution in [-0.2, 0) is 6.42 Å². The third-order valence-corrected chi connectivity index (χ3v) is 3.07. The van der Waals surface area contributed by atoms with E-state index in [1.54, 1.807) is 50.6 Å². The minimum Gasteiger partial charge on any atom is -0.497 e. The second-order valence-corrected chi connectivity index (χ2v) is 4.40. The van der Waals surface area contributed by atoms with Gasteiger partial charge in [0.1, 0.15) is 11.5 Å². The molecule has 0 aliphatic rings. The van der Waals surface area contributed by atoms with Crippen LogP contribution in [0, 0.1) is 0 Å². The van der Waals surface area contributed by atoms with Gasteiger partial charge >= 0.3 is 0 Å². The maximum Gasteiger partial charge on any atom is 0.167 e. The fraction of sp³-hybridized carbons (Fsp3) is 0.188. The number of rotatable bonds is 5. The maximum absolute atomic E-state index is 12.3. The second-order valence-electron chi connectivity index (χ2n) is 4.40. The van der Waals surface area contributed by atoms with Gasteiger partial charge in [0.25, 0.3) is 0 Å². The van der Waals surface area contributed by atoms with Crippen LogP contribution in [0.3, 0.4) is 0 Å². The van der Waals surface area contributed by atoms with Crippen molar-refractivity contribution in [2.75, 3.05) is 20.0 Å². The summed E-state index contributed by atoms with van der Waals surface area (Å²) in [6.45, 7) is 0. The van der Waals surface area contributed by atoms with E-state index in [0.29, 0.717) is 22.7 Å². The van der Waals surface area contributed by atoms with Gasteiger partial charge in [0.15, 0.2) is 5.78 Å². The normalized spacial score (nSPS) is 10.1. The SMILES string of the molecule is COc1ccc(OC)c(CC(=O)c2ccc(N)cc2)c1. The first-order valence-corrected chi connectivity index (χ1v) is 6.23. The summed E-state index contributed by atoms with van der Waals surface area (Å²) >= 11 is 0. The first-order valence-electron chi connectivity index (χ1n) is 6.23. The molecule has 0 radical (unpaired) electrons. The number of benzene rings is 2. The highest BCUT2D eigenvalue weighted by Crippen LogP contribution is 2.25. The van der Waals surface area contributed by atoms with Crippen molar-refractivity contribution in [2.24, 2.45) is 0 Å². The molecule has 0 saturated heterocycles. The molecule has 0 aliphatic heterocycles. The summed E-state index contributed by atoms with van der Waals surface area (Å²) < 4.78 is 10.4. The van der Waals surface area contributed by atoms with E-state index in [1.807, 2.05) is 6.07 Å². The zero-order chi connectivity index (χ0) is 14.5. The molecule has 0 atom stereocenters. The Balaban J connectivity index is 2.24. The minimum atomic E-state index is 0.0107. The molecule has 2 N–H and O–H groups in total. The number of carbonyl (C=O) groups is 1. The van der Waals surface area contributed by atoms with Gasteiger partial charge in [-0.15, -0.1) is 0 Å². The van der Waals surface area contributed by atoms with E-state index < -0.39 is 0 Å². The molecule has 104 valence electrons. The van der Waals surface area contributed by atoms with Crippen LogP contribution in [0.4, 0.5) is 5.69 Å². The van der Waals surface area contributed by atoms with E-state index in [-0.39, 0.29) is 12.2 Å². The summed E-state index contributed by atoms with van der Waals surface area (Å²) in [4.78, 5) is 12.3. The number of carbonyl (C=O) groups excluding carboxylic acids is 1. The molecule has 0 heterocycles. The van der Waals surface area contributed by atoms with E-state index in [0.717, 1.165) is 5.56 Å². The Kier molecular flexibility index (Phi) is 4.25. The number of ether oxygens (including phenoxy) is 2. The number of ketones is 1. The molecule has 2 aromatic rings. The number of hydrogen-bond acceptors (Lipinski definition) is 4. The molecule has 0 aromatic heterocycles. The van der Waals surface area contributed by atoms with Crippen molar-refractivity contribution in [1.29, 1.82) is 0 Å². The third kappa shape index (κ3) is 3.09. The summed E-state index contributed by atoms with van der Waals surface area (Å²) in [5.41, 5.74) is 7.68. The Morgan fingerprint density at radius 1 is 1.05 bits per heavy atom. The standard InChI is InChI=1S/C16H17NO3/c1-19-14-7-8-16(20-2)12(9-14)10-15(18)11-3-5-13(17)6-4-11/h3-9H,10,17H2,1-2H3. The highest BCUT2D eigenvalue weighted by molar-refractivity contribution is 5.98. The second kappa shape index (κ2) is 6.10. The van der Waals surface area contributed by atoms with Crippen LogP contribution in [0.5, 0.6) is 11.5 Å². The molecule has 0 unspecified atom stereocenters. The molecule has 20 heavy (non-hydrogen) atoms. The van der Waals surface area contributed by atoms with Crippen molar-refractivity contribution in [3.05, 3.63) is 53.6 Å². The maximum atomic E-state index is 12.3. The zero-order valence-electron chi connectivity index (χ0n) is 11.6. The summed E-state index contributed by atoms with van der Waals surface area (Å²) in [5, 5.41) is 0. The minimum absolute atomic E-state index is 0.0107. The van der Waals surface area contributed by atoms with Crippen molar-refractivity contribution in [1.82, 2.24) is 0 Å². The molecule has 4 nitrogen and oxygen atoms in total. The van der Waals surface area contributed by atoms with Gasteiger partial charge in [-0.2, -0.15) is 0 Å². The molecule has 0 amide bonds. The largest absolute Gasteiger partial charge is 0.497 e. The van der Waals surface area contributed by atoms with Gasteiger partial charge in [-0.1, -0.05) is 0 Å². The van der Waals surface area contributed by atoms with Crippen LogP contribution >= 0.6 is 0 Å². The van der Waals surface area contributed by atoms with Crippen LogP contribution < -0.4 is 15.2 Å². The summed E-state index contributed by atoms with van der Waals surface area (Å²) in [6.07, 6.45) is 0.254. The van der Waals surface area contributed by atoms with Gasteiger partial charge < -0.3 is 15.2 Å². The van der Waals surface area contributed by atoms with Crippen LogP contribution in [0.2, 0.25) is 0 Å². The fourth-order valence-electron chi connectivity index (χ4n) is 1.96. The molecule has 0 saturated carbocycles. The average Bonchev–Trinajstić information content (AvgIpc) is 2.47. The Morgan fingerprint density at radius 2 is 1.75 bits per heavy atom. The lowest BCUT2D eigenvalue weighted by atomic mass is 10.0. The van der Waals surface area contributed by atoms with Crippen molar-refractivity contribution < 1.29 is 14.3 Å². The molecule has 2 aromatic carbocycles. The van der Waals surface area contributed by atoms with Crippen LogP contribution in [0.15, 0.2) is 42.5 Å². The van der Waals surface area contributed by atoms with Crippen molar-refractivity contribution >= 4 is 11.5 Å². The number of Topliss-reactive ketones (excluding diaryl/α,β-unsaturated/α-hetero) is 1. The van der Waals surface area contributed by atoms with E-state index >= 15 is 0 Å². The van der Waals surface area contributed by atoms with Crippen molar-refractivity contribution in [2.45, 2.75) is 6.42 Å². The Labute approximate surface area is 118 Å². The molecular formula is C16H17NO3. The molecule has 0 fully saturated rings. The Hall–Kier alpha value is -2.49. The highest BCUT2D eigenvalue weighted by Gasteiger charge is 2.12. The lowest BCUT2D eigenvalue weighted by Gasteiger charge is -2.10. The number of nitrogen functional groups attached to an aromatic ring is 1. The highest BCUT2D eigenvalue weighted by atomic mass is 16.5. The van der Waals surface area contributed by atoms with E-state index in [4.69, 9.17) is 15.2 Å². The molecular weight excluding hydrogens is 254 g/mol. The number of anilines is 1. The van der Waals surface area contributed by atoms with Crippen LogP contribution in [0.25, 0.3) is 0 Å². The number of nitrogens with two attached hydrogens (primary N) is 1. The third-order valence-electron chi connectivity index (χ3n) is 3.07. The van der Waals surface area contributed by atoms with Crippen LogP contribution in [-0.4, -0.2) is 20.0 Å². The van der Waals surface area contributed by atoms with E-state index in [1.165, 1.54) is 0 Å². The summed E-state index contributed by atoms with van der Waals surface area (Å²) in [6, 6.07) is 12.3. The van der Waals surface area contributed by atoms with Crippen LogP contribution in [0.1, 0.15) is 15.9 Å². The number of methoxy groups -OCH3 is 2. The smallest absolute Gasteiger partial charge is 0.167 e. The Bertz CT molecular complexity index is 606. The zero-order valence-corrected chi connectivity index (χ0v) is 11.6. The topological polar surface area (TPSA) is 61.5 Å². The fourth-order valence-corrected chi connectivity index (χ4v) is 1.96.